The summed E-state index contributed by atoms with van der Waals surface area (Å²) in [6.07, 6.45) is 0. The molecule has 1 fully saturated rings. The molecule has 1 amide bonds. The van der Waals surface area contributed by atoms with Crippen molar-refractivity contribution in [2.45, 2.75) is 4.90 Å². The number of carbonyl (C=O) groups excluding carboxylic acids is 1. The molecule has 3 aromatic rings. The van der Waals surface area contributed by atoms with Crippen molar-refractivity contribution in [2.24, 2.45) is 0 Å². The summed E-state index contributed by atoms with van der Waals surface area (Å²) in [7, 11) is -3.80. The third-order valence-electron chi connectivity index (χ3n) is 5.17. The third kappa shape index (κ3) is 5.96. The minimum Gasteiger partial charge on any atom is -0.482 e. The number of nitriles is 1. The number of para-hydroxylation sites is 2. The molecule has 0 saturated carbocycles. The molecule has 9 nitrogen and oxygen atoms in total. The Balaban J connectivity index is 1.58. The van der Waals surface area contributed by atoms with E-state index in [1.165, 1.54) is 22.5 Å². The van der Waals surface area contributed by atoms with Crippen LogP contribution in [-0.4, -0.2) is 51.5 Å². The van der Waals surface area contributed by atoms with E-state index >= 15 is 0 Å². The molecule has 0 unspecified atom stereocenters. The molecule has 1 aliphatic heterocycles. The Morgan fingerprint density at radius 3 is 2.46 bits per heavy atom. The zero-order valence-electron chi connectivity index (χ0n) is 18.7. The predicted octanol–water partition coefficient (Wildman–Crippen LogP) is 3.39. The SMILES string of the molecule is N#Cc1ccccc1OCC(=O)Nc1cc(S(=O)(=O)N2CCOCC2)ccc1Oc1ccccc1. The number of amides is 1. The Morgan fingerprint density at radius 2 is 1.71 bits per heavy atom. The van der Waals surface area contributed by atoms with Gasteiger partial charge in [-0.25, -0.2) is 8.42 Å². The fourth-order valence-corrected chi connectivity index (χ4v) is 4.86. The van der Waals surface area contributed by atoms with Gasteiger partial charge in [-0.15, -0.1) is 0 Å². The van der Waals surface area contributed by atoms with Crippen LogP contribution in [0.4, 0.5) is 5.69 Å². The Hall–Kier alpha value is -3.91. The molecule has 1 saturated heterocycles. The van der Waals surface area contributed by atoms with Gasteiger partial charge in [0.2, 0.25) is 10.0 Å². The number of carbonyl (C=O) groups is 1. The molecule has 1 N–H and O–H groups in total. The highest BCUT2D eigenvalue weighted by Gasteiger charge is 2.27. The van der Waals surface area contributed by atoms with E-state index in [1.807, 2.05) is 12.1 Å². The second kappa shape index (κ2) is 11.0. The van der Waals surface area contributed by atoms with E-state index in [0.717, 1.165) is 0 Å². The highest BCUT2D eigenvalue weighted by molar-refractivity contribution is 7.89. The number of sulfonamides is 1. The van der Waals surface area contributed by atoms with Crippen LogP contribution >= 0.6 is 0 Å². The van der Waals surface area contributed by atoms with Crippen LogP contribution in [0.3, 0.4) is 0 Å². The fourth-order valence-electron chi connectivity index (χ4n) is 3.42. The van der Waals surface area contributed by atoms with E-state index < -0.39 is 15.9 Å². The van der Waals surface area contributed by atoms with E-state index in [-0.39, 0.29) is 41.8 Å². The van der Waals surface area contributed by atoms with Crippen molar-refractivity contribution in [3.8, 4) is 23.3 Å². The van der Waals surface area contributed by atoms with Gasteiger partial charge in [-0.2, -0.15) is 9.57 Å². The predicted molar refractivity (Wildman–Crippen MR) is 128 cm³/mol. The maximum Gasteiger partial charge on any atom is 0.262 e. The van der Waals surface area contributed by atoms with Gasteiger partial charge in [0.1, 0.15) is 17.6 Å². The van der Waals surface area contributed by atoms with Crippen LogP contribution in [0.2, 0.25) is 0 Å². The molecule has 1 heterocycles. The van der Waals surface area contributed by atoms with Crippen molar-refractivity contribution in [1.29, 1.82) is 5.26 Å². The molecule has 180 valence electrons. The second-order valence-corrected chi connectivity index (χ2v) is 9.47. The van der Waals surface area contributed by atoms with Crippen LogP contribution in [0.25, 0.3) is 0 Å². The quantitative estimate of drug-likeness (QED) is 0.511. The molecule has 0 bridgehead atoms. The summed E-state index contributed by atoms with van der Waals surface area (Å²) in [5, 5.41) is 11.9. The number of hydrogen-bond acceptors (Lipinski definition) is 7. The maximum absolute atomic E-state index is 13.1. The first-order chi connectivity index (χ1) is 17.0. The molecular formula is C25H23N3O6S. The summed E-state index contributed by atoms with van der Waals surface area (Å²) in [5.41, 5.74) is 0.470. The summed E-state index contributed by atoms with van der Waals surface area (Å²) in [6, 6.07) is 21.8. The molecule has 0 aromatic heterocycles. The maximum atomic E-state index is 13.1. The first-order valence-electron chi connectivity index (χ1n) is 10.8. The van der Waals surface area contributed by atoms with Gasteiger partial charge in [-0.05, 0) is 42.5 Å². The summed E-state index contributed by atoms with van der Waals surface area (Å²) < 4.78 is 44.3. The van der Waals surface area contributed by atoms with Crippen LogP contribution in [0.5, 0.6) is 17.2 Å². The van der Waals surface area contributed by atoms with Crippen molar-refractivity contribution in [3.05, 3.63) is 78.4 Å². The lowest BCUT2D eigenvalue weighted by Gasteiger charge is -2.26. The smallest absolute Gasteiger partial charge is 0.262 e. The fraction of sp³-hybridized carbons (Fsp3) is 0.200. The molecule has 0 radical (unpaired) electrons. The zero-order chi connectivity index (χ0) is 24.7. The lowest BCUT2D eigenvalue weighted by atomic mass is 10.2. The Labute approximate surface area is 203 Å². The van der Waals surface area contributed by atoms with Gasteiger partial charge in [-0.1, -0.05) is 30.3 Å². The van der Waals surface area contributed by atoms with Crippen molar-refractivity contribution in [2.75, 3.05) is 38.2 Å². The number of anilines is 1. The third-order valence-corrected chi connectivity index (χ3v) is 7.06. The average Bonchev–Trinajstić information content (AvgIpc) is 2.89. The van der Waals surface area contributed by atoms with Crippen molar-refractivity contribution in [3.63, 3.8) is 0 Å². The van der Waals surface area contributed by atoms with Gasteiger partial charge < -0.3 is 19.5 Å². The molecule has 10 heteroatoms. The van der Waals surface area contributed by atoms with Crippen LogP contribution < -0.4 is 14.8 Å². The summed E-state index contributed by atoms with van der Waals surface area (Å²) >= 11 is 0. The largest absolute Gasteiger partial charge is 0.482 e. The topological polar surface area (TPSA) is 118 Å². The summed E-state index contributed by atoms with van der Waals surface area (Å²) in [4.78, 5) is 12.7. The molecule has 0 aliphatic carbocycles. The first kappa shape index (κ1) is 24.2. The van der Waals surface area contributed by atoms with Gasteiger partial charge in [0.15, 0.2) is 12.4 Å². The van der Waals surface area contributed by atoms with E-state index in [1.54, 1.807) is 48.5 Å². The van der Waals surface area contributed by atoms with Crippen LogP contribution in [0.1, 0.15) is 5.56 Å². The highest BCUT2D eigenvalue weighted by Crippen LogP contribution is 2.33. The number of rotatable bonds is 8. The molecule has 4 rings (SSSR count). The van der Waals surface area contributed by atoms with E-state index in [2.05, 4.69) is 5.32 Å². The van der Waals surface area contributed by atoms with Gasteiger partial charge in [-0.3, -0.25) is 4.79 Å². The molecule has 35 heavy (non-hydrogen) atoms. The van der Waals surface area contributed by atoms with Gasteiger partial charge in [0.25, 0.3) is 5.91 Å². The van der Waals surface area contributed by atoms with Crippen molar-refractivity contribution >= 4 is 21.6 Å². The Bertz CT molecular complexity index is 1330. The monoisotopic (exact) mass is 493 g/mol. The minimum atomic E-state index is -3.80. The van der Waals surface area contributed by atoms with Crippen LogP contribution in [-0.2, 0) is 19.6 Å². The summed E-state index contributed by atoms with van der Waals surface area (Å²) in [5.74, 6) is 0.514. The van der Waals surface area contributed by atoms with Gasteiger partial charge in [0.05, 0.1) is 29.4 Å². The molecule has 0 atom stereocenters. The number of morpholine rings is 1. The minimum absolute atomic E-state index is 0.0193. The van der Waals surface area contributed by atoms with E-state index in [0.29, 0.717) is 24.5 Å². The Kier molecular flexibility index (Phi) is 7.62. The standard InChI is InChI=1S/C25H23N3O6S/c26-17-19-6-4-5-9-23(19)33-18-25(29)27-22-16-21(35(30,31)28-12-14-32-15-13-28)10-11-24(22)34-20-7-2-1-3-8-20/h1-11,16H,12-15,18H2,(H,27,29). The lowest BCUT2D eigenvalue weighted by molar-refractivity contribution is -0.118. The first-order valence-corrected chi connectivity index (χ1v) is 12.3. The number of nitrogens with zero attached hydrogens (tertiary/aromatic N) is 2. The normalized spacial score (nSPS) is 14.0. The number of benzene rings is 3. The number of ether oxygens (including phenoxy) is 3. The van der Waals surface area contributed by atoms with Crippen LogP contribution in [0, 0.1) is 11.3 Å². The van der Waals surface area contributed by atoms with Gasteiger partial charge in [0, 0.05) is 13.1 Å². The Morgan fingerprint density at radius 1 is 1.00 bits per heavy atom. The number of nitrogens with one attached hydrogen (secondary N) is 1. The van der Waals surface area contributed by atoms with Crippen LogP contribution in [0.15, 0.2) is 77.7 Å². The second-order valence-electron chi connectivity index (χ2n) is 7.53. The lowest BCUT2D eigenvalue weighted by Crippen LogP contribution is -2.40. The molecule has 1 aliphatic rings. The zero-order valence-corrected chi connectivity index (χ0v) is 19.5. The van der Waals surface area contributed by atoms with Crippen molar-refractivity contribution < 1.29 is 27.4 Å². The van der Waals surface area contributed by atoms with E-state index in [4.69, 9.17) is 14.2 Å². The average molecular weight is 494 g/mol. The molecular weight excluding hydrogens is 470 g/mol. The number of hydrogen-bond donors (Lipinski definition) is 1. The molecule has 0 spiro atoms. The highest BCUT2D eigenvalue weighted by atomic mass is 32.2. The molecule has 3 aromatic carbocycles. The van der Waals surface area contributed by atoms with Gasteiger partial charge >= 0.3 is 0 Å². The van der Waals surface area contributed by atoms with Crippen molar-refractivity contribution in [1.82, 2.24) is 4.31 Å². The van der Waals surface area contributed by atoms with E-state index in [9.17, 15) is 18.5 Å². The summed E-state index contributed by atoms with van der Waals surface area (Å²) in [6.45, 7) is 0.750.